The summed E-state index contributed by atoms with van der Waals surface area (Å²) in [7, 11) is 0. The predicted molar refractivity (Wildman–Crippen MR) is 635 cm³/mol. The Hall–Kier alpha value is -18.1. The van der Waals surface area contributed by atoms with Crippen molar-refractivity contribution in [1.82, 2.24) is 0 Å². The minimum atomic E-state index is 0.858. The third-order valence-corrected chi connectivity index (χ3v) is 33.7. The highest BCUT2D eigenvalue weighted by molar-refractivity contribution is 7.27. The van der Waals surface area contributed by atoms with E-state index < -0.39 is 0 Å². The lowest BCUT2D eigenvalue weighted by atomic mass is 9.95. The molecule has 0 fully saturated rings. The van der Waals surface area contributed by atoms with Crippen LogP contribution in [0.2, 0.25) is 0 Å². The van der Waals surface area contributed by atoms with Gasteiger partial charge in [0.2, 0.25) is 0 Å². The van der Waals surface area contributed by atoms with Crippen LogP contribution in [0, 0.1) is 0 Å². The Balaban J connectivity index is 0.000000107. The van der Waals surface area contributed by atoms with Gasteiger partial charge in [0.25, 0.3) is 0 Å². The highest BCUT2D eigenvalue weighted by Crippen LogP contribution is 2.53. The van der Waals surface area contributed by atoms with Crippen LogP contribution in [0.4, 0.5) is 51.2 Å². The van der Waals surface area contributed by atoms with Gasteiger partial charge in [-0.15, -0.1) is 45.3 Å². The van der Waals surface area contributed by atoms with E-state index >= 15 is 0 Å². The highest BCUT2D eigenvalue weighted by Gasteiger charge is 2.26. The molecule has 0 spiro atoms. The standard InChI is InChI=1S/C46H29NO2.2C46H29NS2/c1-2-9-31(10-3-1)37-14-8-11-33-27-32(19-24-38(33)37)30-17-20-34(21-18-30)47(35-22-25-41-39-12-4-6-15-43(39)48-45(41)28-35)36-23-26-42-40-13-5-7-16-44(40)49-46(42)29-36;1-2-11-31(12-3-1)35-16-8-13-33-29-32(25-28-36(33)35)30-23-26-34(27-24-30)47(41-19-9-17-39-37-14-4-6-21-43(37)48-45(39)41)42-20-10-18-40-38-15-5-7-22-44(38)49-46(40)42;1-2-9-31(10-3-1)37-14-8-11-33-27-32(19-24-38(33)37)30-17-20-34(21-18-30)47(35-22-25-41-39-12-4-6-15-43(39)48-45(41)28-35)36-23-26-42-40-13-5-7-16-44(40)49-46(42)29-36/h3*1-29H. The first-order valence-corrected chi connectivity index (χ1v) is 53.0. The molecule has 30 aromatic rings. The van der Waals surface area contributed by atoms with Gasteiger partial charge in [0.15, 0.2) is 0 Å². The molecule has 0 saturated carbocycles. The topological polar surface area (TPSA) is 36.0 Å². The molecule has 0 saturated heterocycles. The molecule has 0 N–H and O–H groups in total. The lowest BCUT2D eigenvalue weighted by molar-refractivity contribution is 0.669. The first kappa shape index (κ1) is 86.8. The fourth-order valence-electron chi connectivity index (χ4n) is 21.9. The zero-order valence-electron chi connectivity index (χ0n) is 79.5. The minimum absolute atomic E-state index is 0.858. The predicted octanol–water partition coefficient (Wildman–Crippen LogP) is 42.2. The highest BCUT2D eigenvalue weighted by atomic mass is 32.1. The molecule has 6 heterocycles. The van der Waals surface area contributed by atoms with Crippen LogP contribution < -0.4 is 14.7 Å². The van der Waals surface area contributed by atoms with Crippen molar-refractivity contribution in [3.05, 3.63) is 528 Å². The van der Waals surface area contributed by atoms with Gasteiger partial charge in [-0.05, 0) is 251 Å². The summed E-state index contributed by atoms with van der Waals surface area (Å²) in [5.41, 5.74) is 28.2. The molecular formula is C138H87N3O2S4. The maximum atomic E-state index is 6.33. The average Bonchev–Trinajstić information content (AvgIpc) is 1.61. The van der Waals surface area contributed by atoms with Gasteiger partial charge >= 0.3 is 0 Å². The van der Waals surface area contributed by atoms with E-state index in [1.54, 1.807) is 0 Å². The van der Waals surface area contributed by atoms with E-state index in [1.807, 2.05) is 69.6 Å². The third kappa shape index (κ3) is 15.8. The Morgan fingerprint density at radius 3 is 0.762 bits per heavy atom. The SMILES string of the molecule is c1ccc(-c2cccc3cc(-c4ccc(N(c5ccc6c(c5)oc5ccccc56)c5ccc6c(c5)oc5ccccc56)cc4)ccc23)cc1.c1ccc(-c2cccc3cc(-c4ccc(N(c5ccc6c(c5)sc5ccccc56)c5ccc6c(c5)sc5ccccc56)cc4)ccc23)cc1.c1ccc(-c2cccc3cc(-c4ccc(N(c5cccc6c5sc5ccccc56)c5cccc6c5sc5ccccc56)cc4)ccc23)cc1. The van der Waals surface area contributed by atoms with Crippen LogP contribution in [0.1, 0.15) is 0 Å². The molecule has 0 radical (unpaired) electrons. The quantitative estimate of drug-likeness (QED) is 0.102. The maximum Gasteiger partial charge on any atom is 0.137 e. The van der Waals surface area contributed by atoms with Gasteiger partial charge in [0.1, 0.15) is 22.3 Å². The monoisotopic (exact) mass is 1950 g/mol. The molecule has 5 nitrogen and oxygen atoms in total. The largest absolute Gasteiger partial charge is 0.456 e. The summed E-state index contributed by atoms with van der Waals surface area (Å²) in [6.07, 6.45) is 0. The molecule has 9 heteroatoms. The van der Waals surface area contributed by atoms with Gasteiger partial charge in [-0.1, -0.05) is 364 Å². The summed E-state index contributed by atoms with van der Waals surface area (Å²) in [6.45, 7) is 0. The van der Waals surface area contributed by atoms with E-state index in [2.05, 4.69) is 518 Å². The van der Waals surface area contributed by atoms with Crippen molar-refractivity contribution in [3.63, 3.8) is 0 Å². The molecule has 0 aliphatic carbocycles. The first-order valence-electron chi connectivity index (χ1n) is 49.8. The van der Waals surface area contributed by atoms with Crippen molar-refractivity contribution >= 4 is 253 Å². The van der Waals surface area contributed by atoms with Gasteiger partial charge < -0.3 is 23.5 Å². The van der Waals surface area contributed by atoms with Crippen LogP contribution in [0.5, 0.6) is 0 Å². The number of thiophene rings is 4. The fraction of sp³-hybridized carbons (Fsp3) is 0. The van der Waals surface area contributed by atoms with E-state index in [9.17, 15) is 0 Å². The van der Waals surface area contributed by atoms with Crippen molar-refractivity contribution in [2.24, 2.45) is 0 Å². The van der Waals surface area contributed by atoms with Crippen LogP contribution in [-0.4, -0.2) is 0 Å². The number of nitrogens with zero attached hydrogens (tertiary/aromatic N) is 3. The van der Waals surface area contributed by atoms with Crippen LogP contribution in [0.15, 0.2) is 537 Å². The average molecular weight is 1950 g/mol. The molecular weight excluding hydrogens is 1860 g/mol. The Kier molecular flexibility index (Phi) is 21.7. The lowest BCUT2D eigenvalue weighted by Crippen LogP contribution is -2.10. The zero-order chi connectivity index (χ0) is 96.9. The number of fused-ring (bicyclic) bond motifs is 21. The van der Waals surface area contributed by atoms with E-state index in [1.165, 1.54) is 186 Å². The maximum absolute atomic E-state index is 6.33. The van der Waals surface area contributed by atoms with Crippen molar-refractivity contribution in [2.75, 3.05) is 14.7 Å². The van der Waals surface area contributed by atoms with Crippen LogP contribution in [-0.2, 0) is 0 Å². The summed E-state index contributed by atoms with van der Waals surface area (Å²) in [5, 5.41) is 22.5. The fourth-order valence-corrected chi connectivity index (χ4v) is 26.6. The van der Waals surface area contributed by atoms with Gasteiger partial charge in [-0.25, -0.2) is 0 Å². The number of furan rings is 2. The van der Waals surface area contributed by atoms with Crippen LogP contribution >= 0.6 is 45.3 Å². The molecule has 0 unspecified atom stereocenters. The van der Waals surface area contributed by atoms with Crippen LogP contribution in [0.25, 0.3) is 224 Å². The number of hydrogen-bond acceptors (Lipinski definition) is 9. The van der Waals surface area contributed by atoms with Gasteiger partial charge in [-0.2, -0.15) is 0 Å². The molecule has 24 aromatic carbocycles. The number of hydrogen-bond donors (Lipinski definition) is 0. The van der Waals surface area contributed by atoms with Crippen molar-refractivity contribution in [2.45, 2.75) is 0 Å². The summed E-state index contributed by atoms with van der Waals surface area (Å²) >= 11 is 7.49. The number of benzene rings is 24. The molecule has 6 aromatic heterocycles. The first-order chi connectivity index (χ1) is 72.8. The van der Waals surface area contributed by atoms with Gasteiger partial charge in [0.05, 0.1) is 20.8 Å². The number of anilines is 9. The molecule has 0 aliphatic rings. The zero-order valence-corrected chi connectivity index (χ0v) is 82.8. The second-order valence-corrected chi connectivity index (χ2v) is 41.9. The minimum Gasteiger partial charge on any atom is -0.456 e. The number of para-hydroxylation sites is 2. The van der Waals surface area contributed by atoms with Crippen molar-refractivity contribution < 1.29 is 8.83 Å². The summed E-state index contributed by atoms with van der Waals surface area (Å²) in [4.78, 5) is 7.16. The van der Waals surface area contributed by atoms with Crippen molar-refractivity contribution in [1.29, 1.82) is 0 Å². The van der Waals surface area contributed by atoms with Gasteiger partial charge in [0, 0.05) is 145 Å². The molecule has 0 amide bonds. The summed E-state index contributed by atoms with van der Waals surface area (Å²) in [5.74, 6) is 0. The summed E-state index contributed by atoms with van der Waals surface area (Å²) in [6, 6.07) is 191. The van der Waals surface area contributed by atoms with E-state index in [0.29, 0.717) is 0 Å². The van der Waals surface area contributed by atoms with Crippen LogP contribution in [0.3, 0.4) is 0 Å². The van der Waals surface area contributed by atoms with E-state index in [0.717, 1.165) is 89.3 Å². The molecule has 690 valence electrons. The Bertz CT molecular complexity index is 9620. The normalized spacial score (nSPS) is 11.7. The second-order valence-electron chi connectivity index (χ2n) is 37.6. The Morgan fingerprint density at radius 2 is 0.395 bits per heavy atom. The van der Waals surface area contributed by atoms with Gasteiger partial charge in [-0.3, -0.25) is 0 Å². The number of rotatable bonds is 15. The lowest BCUT2D eigenvalue weighted by Gasteiger charge is -2.27. The third-order valence-electron chi connectivity index (χ3n) is 29.0. The molecule has 0 bridgehead atoms. The molecule has 0 aliphatic heterocycles. The van der Waals surface area contributed by atoms with E-state index in [4.69, 9.17) is 8.83 Å². The van der Waals surface area contributed by atoms with E-state index in [-0.39, 0.29) is 0 Å². The second kappa shape index (κ2) is 36.7. The molecule has 0 atom stereocenters. The smallest absolute Gasteiger partial charge is 0.137 e. The molecule has 147 heavy (non-hydrogen) atoms. The molecule has 30 rings (SSSR count). The summed E-state index contributed by atoms with van der Waals surface area (Å²) < 4.78 is 23.1. The van der Waals surface area contributed by atoms with Crippen molar-refractivity contribution in [3.8, 4) is 66.8 Å². The Labute approximate surface area is 864 Å². The Morgan fingerprint density at radius 1 is 0.136 bits per heavy atom.